The molecule has 12 aromatic rings. The first kappa shape index (κ1) is 85.5. The Labute approximate surface area is 656 Å². The van der Waals surface area contributed by atoms with Crippen LogP contribution in [0, 0.1) is 40.8 Å². The Balaban J connectivity index is 0.000000172. The van der Waals surface area contributed by atoms with Crippen LogP contribution in [0.1, 0.15) is 69.9 Å². The molecule has 0 spiro atoms. The first-order valence-electron chi connectivity index (χ1n) is 38.3. The molecule has 0 aromatic heterocycles. The molecule has 0 aliphatic heterocycles. The Hall–Kier alpha value is -10.5. The fraction of sp³-hybridized carbons (Fsp3) is 0.242. The van der Waals surface area contributed by atoms with Crippen LogP contribution in [-0.2, 0) is 13.0 Å². The number of benzene rings is 12. The maximum absolute atomic E-state index is 13.4. The lowest BCUT2D eigenvalue weighted by molar-refractivity contribution is 0.274. The van der Waals surface area contributed by atoms with E-state index in [0.29, 0.717) is 50.3 Å². The molecule has 17 heteroatoms. The third-order valence-electron chi connectivity index (χ3n) is 19.1. The van der Waals surface area contributed by atoms with Gasteiger partial charge in [0.05, 0.1) is 0 Å². The van der Waals surface area contributed by atoms with E-state index in [1.807, 2.05) is 42.5 Å². The van der Waals surface area contributed by atoms with Crippen molar-refractivity contribution >= 4 is 0 Å². The second-order valence-corrected chi connectivity index (χ2v) is 28.5. The third-order valence-corrected chi connectivity index (χ3v) is 19.1. The SMILES string of the molecule is CC(C)C(N)CC[C@H](N)COc1cc(-c2ccc(F)cc2)cc(-c2ccc(F)cc2)c1.NCCC[C@H](N)CNCc1cc(-c2ccccc2)cc(-c2ccccc2)c1.NCCC[C@H](N)COc1cc(-c2ccc(F)cc2)cc(-c2ccc(F)cc2)c1.NC[C@H](N)CCc1cc(-c2ccc(F)cc2)cc(-c2ccc(F)cc2)c1. The lowest BCUT2D eigenvalue weighted by Gasteiger charge is -2.19. The molecule has 0 aliphatic rings. The number of aryl methyl sites for hydroxylation is 1. The summed E-state index contributed by atoms with van der Waals surface area (Å²) in [6, 6.07) is 83.6. The van der Waals surface area contributed by atoms with Gasteiger partial charge in [0, 0.05) is 49.8 Å². The number of nitrogens with two attached hydrogens (primary N) is 8. The molecule has 0 heterocycles. The van der Waals surface area contributed by atoms with Crippen LogP contribution in [0.4, 0.5) is 26.3 Å². The Kier molecular flexibility index (Phi) is 33.9. The van der Waals surface area contributed by atoms with Crippen molar-refractivity contribution in [1.29, 1.82) is 0 Å². The van der Waals surface area contributed by atoms with Crippen molar-refractivity contribution in [3.05, 3.63) is 325 Å². The highest BCUT2D eigenvalue weighted by Gasteiger charge is 2.16. The van der Waals surface area contributed by atoms with Crippen LogP contribution < -0.4 is 60.7 Å². The second-order valence-electron chi connectivity index (χ2n) is 28.5. The molecule has 12 aromatic carbocycles. The quantitative estimate of drug-likeness (QED) is 0.0180. The molecule has 0 amide bonds. The highest BCUT2D eigenvalue weighted by Crippen LogP contribution is 2.36. The van der Waals surface area contributed by atoms with E-state index in [9.17, 15) is 26.3 Å². The third kappa shape index (κ3) is 28.0. The Morgan fingerprint density at radius 3 is 0.884 bits per heavy atom. The molecule has 0 radical (unpaired) electrons. The van der Waals surface area contributed by atoms with Gasteiger partial charge in [0.2, 0.25) is 0 Å². The summed E-state index contributed by atoms with van der Waals surface area (Å²) < 4.78 is 91.8. The fourth-order valence-corrected chi connectivity index (χ4v) is 12.5. The van der Waals surface area contributed by atoms with Crippen LogP contribution in [0.15, 0.2) is 279 Å². The number of nitrogens with one attached hydrogen (secondary N) is 1. The molecular weight excluding hydrogens is 1410 g/mol. The van der Waals surface area contributed by atoms with Crippen LogP contribution >= 0.6 is 0 Å². The van der Waals surface area contributed by atoms with Crippen molar-refractivity contribution in [3.8, 4) is 101 Å². The lowest BCUT2D eigenvalue weighted by Crippen LogP contribution is -2.33. The minimum absolute atomic E-state index is 0.0428. The zero-order valence-corrected chi connectivity index (χ0v) is 63.8. The summed E-state index contributed by atoms with van der Waals surface area (Å²) in [5.41, 5.74) is 65.4. The average Bonchev–Trinajstić information content (AvgIpc) is 0.831. The summed E-state index contributed by atoms with van der Waals surface area (Å²) >= 11 is 0. The second kappa shape index (κ2) is 44.5. The molecule has 12 rings (SSSR count). The molecule has 0 bridgehead atoms. The van der Waals surface area contributed by atoms with Gasteiger partial charge in [-0.3, -0.25) is 0 Å². The predicted octanol–water partition coefficient (Wildman–Crippen LogP) is 19.2. The maximum atomic E-state index is 13.4. The van der Waals surface area contributed by atoms with E-state index in [0.717, 1.165) is 137 Å². The molecule has 0 saturated heterocycles. The summed E-state index contributed by atoms with van der Waals surface area (Å²) in [4.78, 5) is 0. The Morgan fingerprint density at radius 1 is 0.295 bits per heavy atom. The van der Waals surface area contributed by atoms with E-state index in [4.69, 9.17) is 55.3 Å². The molecule has 584 valence electrons. The van der Waals surface area contributed by atoms with Gasteiger partial charge in [-0.2, -0.15) is 0 Å². The number of hydrogen-bond donors (Lipinski definition) is 9. The van der Waals surface area contributed by atoms with Gasteiger partial charge in [0.25, 0.3) is 0 Å². The van der Waals surface area contributed by atoms with Crippen LogP contribution in [0.2, 0.25) is 0 Å². The average molecular weight is 1520 g/mol. The van der Waals surface area contributed by atoms with Crippen molar-refractivity contribution in [2.45, 2.75) is 102 Å². The molecule has 11 nitrogen and oxygen atoms in total. The van der Waals surface area contributed by atoms with Gasteiger partial charge in [-0.25, -0.2) is 26.3 Å². The normalized spacial score (nSPS) is 12.4. The number of ether oxygens (including phenoxy) is 2. The van der Waals surface area contributed by atoms with Crippen LogP contribution in [-0.4, -0.2) is 69.6 Å². The van der Waals surface area contributed by atoms with Crippen molar-refractivity contribution in [2.75, 3.05) is 39.4 Å². The zero-order chi connectivity index (χ0) is 79.7. The van der Waals surface area contributed by atoms with Crippen LogP contribution in [0.5, 0.6) is 11.5 Å². The van der Waals surface area contributed by atoms with E-state index in [2.05, 4.69) is 110 Å². The predicted molar refractivity (Wildman–Crippen MR) is 450 cm³/mol. The van der Waals surface area contributed by atoms with Crippen molar-refractivity contribution in [2.24, 2.45) is 51.8 Å². The van der Waals surface area contributed by atoms with Gasteiger partial charge in [-0.05, 0) is 304 Å². The highest BCUT2D eigenvalue weighted by molar-refractivity contribution is 5.79. The first-order chi connectivity index (χ1) is 54.2. The highest BCUT2D eigenvalue weighted by atomic mass is 19.1. The molecule has 112 heavy (non-hydrogen) atoms. The minimum Gasteiger partial charge on any atom is -0.492 e. The zero-order valence-electron chi connectivity index (χ0n) is 63.8. The molecule has 5 atom stereocenters. The maximum Gasteiger partial charge on any atom is 0.123 e. The minimum atomic E-state index is -0.291. The van der Waals surface area contributed by atoms with E-state index in [1.54, 1.807) is 72.8 Å². The van der Waals surface area contributed by atoms with Crippen molar-refractivity contribution < 1.29 is 35.8 Å². The number of rotatable bonds is 32. The van der Waals surface area contributed by atoms with Gasteiger partial charge < -0.3 is 60.7 Å². The summed E-state index contributed by atoms with van der Waals surface area (Å²) in [5, 5.41) is 3.50. The van der Waals surface area contributed by atoms with E-state index in [1.165, 1.54) is 101 Å². The summed E-state index contributed by atoms with van der Waals surface area (Å²) in [6.07, 6.45) is 6.78. The fourth-order valence-electron chi connectivity index (χ4n) is 12.5. The summed E-state index contributed by atoms with van der Waals surface area (Å²) in [7, 11) is 0. The number of hydrogen-bond acceptors (Lipinski definition) is 11. The van der Waals surface area contributed by atoms with Gasteiger partial charge in [0.15, 0.2) is 0 Å². The van der Waals surface area contributed by atoms with Gasteiger partial charge in [-0.1, -0.05) is 159 Å². The molecule has 1 unspecified atom stereocenters. The Morgan fingerprint density at radius 2 is 0.580 bits per heavy atom. The lowest BCUT2D eigenvalue weighted by atomic mass is 9.94. The van der Waals surface area contributed by atoms with Crippen molar-refractivity contribution in [3.63, 3.8) is 0 Å². The van der Waals surface area contributed by atoms with Crippen LogP contribution in [0.3, 0.4) is 0 Å². The Bertz CT molecular complexity index is 4510. The standard InChI is InChI=1S/C26H30F2N2O.C24H29N3.C23H24F2N2O.C22H22F2N2/c1-17(2)26(30)12-11-24(29)16-31-25-14-20(18-3-7-22(27)8-4-18)13-21(15-25)19-5-9-23(28)10-6-19;25-13-7-12-24(26)18-27-17-19-14-22(20-8-3-1-4-9-20)16-23(15-19)21-10-5-2-6-11-21;24-20-7-3-16(4-8-20)18-12-19(17-5-9-21(25)10-6-17)14-23(13-18)28-15-22(27)2-1-11-26;23-20-6-2-16(3-7-20)18-11-15(1-10-22(26)14-25)12-19(13-18)17-4-8-21(24)9-5-17/h3-10,13-15,17,24,26H,11-12,16,29-30H2,1-2H3;1-6,8-11,14-16,24,27H,7,12-13,17-18,25-26H2;3-10,12-14,22H,1-2,11,15,26-27H2;2-9,11-13,22H,1,10,14,25-26H2/t24-,26?;24-;2*22-/m0001/s1. The molecular formula is C95H105F6N9O2. The topological polar surface area (TPSA) is 239 Å². The summed E-state index contributed by atoms with van der Waals surface area (Å²) in [5.74, 6) is 0.0330. The van der Waals surface area contributed by atoms with E-state index in [-0.39, 0.29) is 65.1 Å². The molecule has 0 aliphatic carbocycles. The van der Waals surface area contributed by atoms with Gasteiger partial charge in [-0.15, -0.1) is 0 Å². The van der Waals surface area contributed by atoms with E-state index >= 15 is 0 Å². The molecule has 0 saturated carbocycles. The largest absolute Gasteiger partial charge is 0.492 e. The first-order valence-corrected chi connectivity index (χ1v) is 38.3. The molecule has 0 fully saturated rings. The summed E-state index contributed by atoms with van der Waals surface area (Å²) in [6.45, 7) is 8.29. The van der Waals surface area contributed by atoms with Crippen molar-refractivity contribution in [1.82, 2.24) is 5.32 Å². The van der Waals surface area contributed by atoms with Gasteiger partial charge >= 0.3 is 0 Å². The van der Waals surface area contributed by atoms with Crippen LogP contribution in [0.25, 0.3) is 89.0 Å². The molecule has 17 N–H and O–H groups in total. The number of halogens is 6. The van der Waals surface area contributed by atoms with Gasteiger partial charge in [0.1, 0.15) is 59.6 Å². The smallest absolute Gasteiger partial charge is 0.123 e. The monoisotopic (exact) mass is 1520 g/mol. The van der Waals surface area contributed by atoms with E-state index < -0.39 is 0 Å².